The molecule has 1 heterocycles. The van der Waals surface area contributed by atoms with Crippen LogP contribution in [0.4, 0.5) is 10.5 Å². The van der Waals surface area contributed by atoms with E-state index in [1.807, 2.05) is 42.5 Å². The Labute approximate surface area is 216 Å². The number of likely N-dealkylation sites (tertiary alicyclic amines) is 1. The van der Waals surface area contributed by atoms with Crippen molar-refractivity contribution < 1.29 is 18.0 Å². The molecule has 0 unspecified atom stereocenters. The summed E-state index contributed by atoms with van der Waals surface area (Å²) in [6.07, 6.45) is 2.63. The maximum absolute atomic E-state index is 13.2. The summed E-state index contributed by atoms with van der Waals surface area (Å²) in [4.78, 5) is 27.5. The molecule has 3 amide bonds. The summed E-state index contributed by atoms with van der Waals surface area (Å²) in [6.45, 7) is 1.38. The molecule has 4 rings (SSSR count). The van der Waals surface area contributed by atoms with E-state index in [1.165, 1.54) is 18.2 Å². The van der Waals surface area contributed by atoms with Crippen LogP contribution in [0.2, 0.25) is 0 Å². The van der Waals surface area contributed by atoms with Crippen LogP contribution in [0.3, 0.4) is 0 Å². The largest absolute Gasteiger partial charge is 0.339 e. The lowest BCUT2D eigenvalue weighted by Gasteiger charge is -2.32. The maximum atomic E-state index is 13.2. The first kappa shape index (κ1) is 25.9. The van der Waals surface area contributed by atoms with E-state index < -0.39 is 15.9 Å². The van der Waals surface area contributed by atoms with Crippen molar-refractivity contribution in [3.63, 3.8) is 0 Å². The first-order valence-corrected chi connectivity index (χ1v) is 13.9. The molecule has 2 N–H and O–H groups in total. The molecule has 0 spiro atoms. The van der Waals surface area contributed by atoms with Gasteiger partial charge in [-0.2, -0.15) is 5.26 Å². The minimum atomic E-state index is -3.64. The van der Waals surface area contributed by atoms with Gasteiger partial charge in [-0.25, -0.2) is 13.2 Å². The third-order valence-corrected chi connectivity index (χ3v) is 7.62. The number of carbonyl (C=O) groups excluding carboxylic acids is 2. The Bertz CT molecular complexity index is 1420. The molecule has 0 aromatic heterocycles. The predicted octanol–water partition coefficient (Wildman–Crippen LogP) is 4.30. The van der Waals surface area contributed by atoms with Crippen molar-refractivity contribution in [1.82, 2.24) is 10.2 Å². The zero-order valence-electron chi connectivity index (χ0n) is 20.5. The number of nitrogens with one attached hydrogen (secondary N) is 2. The third kappa shape index (κ3) is 6.54. The fourth-order valence-corrected chi connectivity index (χ4v) is 5.28. The number of benzene rings is 3. The van der Waals surface area contributed by atoms with Crippen LogP contribution >= 0.6 is 0 Å². The number of hydrogen-bond acceptors (Lipinski definition) is 5. The minimum absolute atomic E-state index is 0.0570. The monoisotopic (exact) mass is 516 g/mol. The molecule has 1 fully saturated rings. The van der Waals surface area contributed by atoms with Gasteiger partial charge in [0.05, 0.1) is 22.2 Å². The fourth-order valence-electron chi connectivity index (χ4n) is 4.46. The summed E-state index contributed by atoms with van der Waals surface area (Å²) in [5.74, 6) is 0.0843. The number of nitrogens with zero attached hydrogens (tertiary/aromatic N) is 2. The van der Waals surface area contributed by atoms with Gasteiger partial charge in [0.2, 0.25) is 0 Å². The van der Waals surface area contributed by atoms with E-state index in [9.17, 15) is 18.0 Å². The number of sulfone groups is 1. The summed E-state index contributed by atoms with van der Waals surface area (Å²) in [5, 5.41) is 14.3. The number of carbonyl (C=O) groups is 2. The number of piperidine rings is 1. The number of urea groups is 1. The summed E-state index contributed by atoms with van der Waals surface area (Å²) in [5.41, 5.74) is 3.03. The van der Waals surface area contributed by atoms with Crippen LogP contribution in [0.5, 0.6) is 0 Å². The lowest BCUT2D eigenvalue weighted by Crippen LogP contribution is -2.38. The molecular formula is C28H28N4O4S. The Morgan fingerprint density at radius 1 is 1.00 bits per heavy atom. The Morgan fingerprint density at radius 3 is 2.30 bits per heavy atom. The van der Waals surface area contributed by atoms with Gasteiger partial charge in [0, 0.05) is 31.5 Å². The highest BCUT2D eigenvalue weighted by Gasteiger charge is 2.26. The van der Waals surface area contributed by atoms with Crippen molar-refractivity contribution >= 4 is 27.5 Å². The van der Waals surface area contributed by atoms with Crippen LogP contribution in [0, 0.1) is 11.3 Å². The van der Waals surface area contributed by atoms with Crippen molar-refractivity contribution in [2.75, 3.05) is 24.7 Å². The first-order valence-electron chi connectivity index (χ1n) is 12.0. The van der Waals surface area contributed by atoms with E-state index in [0.29, 0.717) is 30.1 Å². The van der Waals surface area contributed by atoms with Crippen LogP contribution in [0.25, 0.3) is 0 Å². The molecule has 1 aliphatic rings. The Kier molecular flexibility index (Phi) is 7.89. The van der Waals surface area contributed by atoms with Crippen LogP contribution in [-0.4, -0.2) is 44.6 Å². The van der Waals surface area contributed by atoms with E-state index in [0.717, 1.165) is 30.2 Å². The van der Waals surface area contributed by atoms with E-state index in [4.69, 9.17) is 5.26 Å². The van der Waals surface area contributed by atoms with Crippen molar-refractivity contribution in [2.24, 2.45) is 0 Å². The van der Waals surface area contributed by atoms with Crippen molar-refractivity contribution in [3.8, 4) is 6.07 Å². The zero-order chi connectivity index (χ0) is 26.4. The molecule has 9 heteroatoms. The van der Waals surface area contributed by atoms with Gasteiger partial charge in [-0.3, -0.25) is 4.79 Å². The van der Waals surface area contributed by atoms with Crippen LogP contribution < -0.4 is 10.6 Å². The molecule has 1 saturated heterocycles. The summed E-state index contributed by atoms with van der Waals surface area (Å²) in [7, 11) is -3.64. The second kappa shape index (κ2) is 11.3. The molecule has 37 heavy (non-hydrogen) atoms. The lowest BCUT2D eigenvalue weighted by molar-refractivity contribution is 0.0713. The third-order valence-electron chi connectivity index (χ3n) is 6.46. The maximum Gasteiger partial charge on any atom is 0.319 e. The second-order valence-electron chi connectivity index (χ2n) is 9.08. The average Bonchev–Trinajstić information content (AvgIpc) is 2.91. The molecule has 0 atom stereocenters. The van der Waals surface area contributed by atoms with E-state index in [-0.39, 0.29) is 23.0 Å². The molecule has 0 radical (unpaired) electrons. The molecule has 0 aliphatic carbocycles. The summed E-state index contributed by atoms with van der Waals surface area (Å²) < 4.78 is 24.6. The van der Waals surface area contributed by atoms with Gasteiger partial charge in [-0.15, -0.1) is 0 Å². The van der Waals surface area contributed by atoms with Gasteiger partial charge in [0.1, 0.15) is 0 Å². The Morgan fingerprint density at radius 2 is 1.68 bits per heavy atom. The molecule has 3 aromatic carbocycles. The average molecular weight is 517 g/mol. The lowest BCUT2D eigenvalue weighted by atomic mass is 9.89. The normalized spacial score (nSPS) is 14.0. The highest BCUT2D eigenvalue weighted by Crippen LogP contribution is 2.30. The van der Waals surface area contributed by atoms with Crippen molar-refractivity contribution in [3.05, 3.63) is 95.1 Å². The van der Waals surface area contributed by atoms with Crippen LogP contribution in [0.1, 0.15) is 45.8 Å². The summed E-state index contributed by atoms with van der Waals surface area (Å²) >= 11 is 0. The molecular weight excluding hydrogens is 488 g/mol. The quantitative estimate of drug-likeness (QED) is 0.506. The molecule has 190 valence electrons. The van der Waals surface area contributed by atoms with Crippen LogP contribution in [-0.2, 0) is 16.4 Å². The topological polar surface area (TPSA) is 119 Å². The predicted molar refractivity (Wildman–Crippen MR) is 141 cm³/mol. The van der Waals surface area contributed by atoms with Gasteiger partial charge < -0.3 is 15.5 Å². The number of rotatable bonds is 6. The Balaban J connectivity index is 1.44. The number of amides is 3. The number of nitriles is 1. The molecule has 3 aromatic rings. The van der Waals surface area contributed by atoms with Gasteiger partial charge in [-0.1, -0.05) is 42.5 Å². The van der Waals surface area contributed by atoms with Gasteiger partial charge in [0.25, 0.3) is 5.91 Å². The second-order valence-corrected chi connectivity index (χ2v) is 11.1. The van der Waals surface area contributed by atoms with Crippen LogP contribution in [0.15, 0.2) is 77.7 Å². The van der Waals surface area contributed by atoms with E-state index >= 15 is 0 Å². The summed E-state index contributed by atoms with van der Waals surface area (Å²) in [6, 6.07) is 22.7. The molecule has 8 nitrogen and oxygen atoms in total. The first-order chi connectivity index (χ1) is 17.7. The fraction of sp³-hybridized carbons (Fsp3) is 0.250. The van der Waals surface area contributed by atoms with Gasteiger partial charge in [-0.05, 0) is 60.2 Å². The van der Waals surface area contributed by atoms with Gasteiger partial charge in [0.15, 0.2) is 9.84 Å². The zero-order valence-corrected chi connectivity index (χ0v) is 21.3. The van der Waals surface area contributed by atoms with E-state index in [1.54, 1.807) is 17.0 Å². The molecule has 1 aliphatic heterocycles. The SMILES string of the molecule is CS(=O)(=O)c1ccc(C(=O)N2CCC(c3ccc(C#N)cc3)CC2)cc1NC(=O)NCc1ccccc1. The highest BCUT2D eigenvalue weighted by molar-refractivity contribution is 7.90. The smallest absolute Gasteiger partial charge is 0.319 e. The Hall–Kier alpha value is -4.16. The standard InChI is InChI=1S/C28H28N4O4S/c1-37(35,36)26-12-11-24(17-25(26)31-28(34)30-19-21-5-3-2-4-6-21)27(33)32-15-13-23(14-16-32)22-9-7-20(18-29)8-10-22/h2-12,17,23H,13-16,19H2,1H3,(H2,30,31,34). The van der Waals surface area contributed by atoms with Crippen molar-refractivity contribution in [2.45, 2.75) is 30.2 Å². The molecule has 0 bridgehead atoms. The van der Waals surface area contributed by atoms with Crippen molar-refractivity contribution in [1.29, 1.82) is 5.26 Å². The molecule has 0 saturated carbocycles. The minimum Gasteiger partial charge on any atom is -0.339 e. The number of anilines is 1. The number of hydrogen-bond donors (Lipinski definition) is 2. The highest BCUT2D eigenvalue weighted by atomic mass is 32.2. The van der Waals surface area contributed by atoms with E-state index in [2.05, 4.69) is 16.7 Å². The van der Waals surface area contributed by atoms with Gasteiger partial charge >= 0.3 is 6.03 Å².